The topological polar surface area (TPSA) is 26.3 Å². The number of rotatable bonds is 3. The van der Waals surface area contributed by atoms with Gasteiger partial charge in [0.15, 0.2) is 0 Å². The number of carbonyl (C=O) groups is 1. The number of hydrogen-bond donors (Lipinski definition) is 0. The molecule has 0 amide bonds. The maximum absolute atomic E-state index is 11.7. The Labute approximate surface area is 91.7 Å². The van der Waals surface area contributed by atoms with Crippen molar-refractivity contribution in [3.05, 3.63) is 12.7 Å². The Morgan fingerprint density at radius 1 is 1.40 bits per heavy atom. The minimum absolute atomic E-state index is 0.0405. The molecule has 2 heteroatoms. The van der Waals surface area contributed by atoms with Gasteiger partial charge in [0.25, 0.3) is 0 Å². The summed E-state index contributed by atoms with van der Waals surface area (Å²) in [4.78, 5) is 11.7. The van der Waals surface area contributed by atoms with Crippen LogP contribution in [0.15, 0.2) is 12.7 Å². The van der Waals surface area contributed by atoms with E-state index in [0.717, 1.165) is 32.1 Å². The molecule has 84 valence electrons. The van der Waals surface area contributed by atoms with Crippen molar-refractivity contribution in [2.45, 2.75) is 57.0 Å². The van der Waals surface area contributed by atoms with Crippen LogP contribution in [0, 0.1) is 5.92 Å². The van der Waals surface area contributed by atoms with E-state index in [4.69, 9.17) is 4.74 Å². The van der Waals surface area contributed by atoms with E-state index >= 15 is 0 Å². The lowest BCUT2D eigenvalue weighted by atomic mass is 9.80. The maximum Gasteiger partial charge on any atom is 0.309 e. The normalized spacial score (nSPS) is 29.1. The van der Waals surface area contributed by atoms with Gasteiger partial charge in [-0.25, -0.2) is 0 Å². The van der Waals surface area contributed by atoms with E-state index in [0.29, 0.717) is 0 Å². The Kier molecular flexibility index (Phi) is 3.13. The molecule has 0 N–H and O–H groups in total. The first-order valence-corrected chi connectivity index (χ1v) is 6.09. The van der Waals surface area contributed by atoms with Crippen LogP contribution in [0.2, 0.25) is 0 Å². The van der Waals surface area contributed by atoms with Gasteiger partial charge in [-0.1, -0.05) is 12.5 Å². The van der Waals surface area contributed by atoms with E-state index in [1.165, 1.54) is 19.3 Å². The molecule has 2 fully saturated rings. The van der Waals surface area contributed by atoms with E-state index in [2.05, 4.69) is 6.58 Å². The summed E-state index contributed by atoms with van der Waals surface area (Å²) >= 11 is 0. The van der Waals surface area contributed by atoms with Crippen molar-refractivity contribution in [1.29, 1.82) is 0 Å². The SMILES string of the molecule is C=CCCC1CC2(CCCCC2)OC1=O. The Morgan fingerprint density at radius 2 is 2.13 bits per heavy atom. The predicted molar refractivity (Wildman–Crippen MR) is 59.4 cm³/mol. The first kappa shape index (κ1) is 10.7. The molecular weight excluding hydrogens is 188 g/mol. The third-order valence-electron chi connectivity index (χ3n) is 3.75. The first-order chi connectivity index (χ1) is 7.26. The van der Waals surface area contributed by atoms with Gasteiger partial charge in [0.1, 0.15) is 5.60 Å². The van der Waals surface area contributed by atoms with Gasteiger partial charge in [0, 0.05) is 6.42 Å². The molecule has 1 atom stereocenters. The molecule has 0 bridgehead atoms. The molecule has 2 rings (SSSR count). The van der Waals surface area contributed by atoms with Crippen molar-refractivity contribution in [3.63, 3.8) is 0 Å². The smallest absolute Gasteiger partial charge is 0.309 e. The Hall–Kier alpha value is -0.790. The van der Waals surface area contributed by atoms with Gasteiger partial charge in [-0.3, -0.25) is 4.79 Å². The monoisotopic (exact) mass is 208 g/mol. The summed E-state index contributed by atoms with van der Waals surface area (Å²) in [6, 6.07) is 0. The molecule has 1 aliphatic carbocycles. The highest BCUT2D eigenvalue weighted by Crippen LogP contribution is 2.43. The highest BCUT2D eigenvalue weighted by Gasteiger charge is 2.46. The number of carbonyl (C=O) groups excluding carboxylic acids is 1. The van der Waals surface area contributed by atoms with Crippen LogP contribution in [-0.4, -0.2) is 11.6 Å². The molecule has 1 aliphatic heterocycles. The molecule has 1 unspecified atom stereocenters. The molecule has 0 aromatic heterocycles. The fraction of sp³-hybridized carbons (Fsp3) is 0.769. The minimum Gasteiger partial charge on any atom is -0.459 e. The molecule has 15 heavy (non-hydrogen) atoms. The fourth-order valence-corrected chi connectivity index (χ4v) is 2.91. The van der Waals surface area contributed by atoms with Crippen molar-refractivity contribution in [2.75, 3.05) is 0 Å². The molecule has 0 radical (unpaired) electrons. The highest BCUT2D eigenvalue weighted by atomic mass is 16.6. The fourth-order valence-electron chi connectivity index (χ4n) is 2.91. The number of esters is 1. The lowest BCUT2D eigenvalue weighted by Gasteiger charge is -2.31. The molecule has 1 saturated carbocycles. The zero-order valence-electron chi connectivity index (χ0n) is 9.34. The lowest BCUT2D eigenvalue weighted by Crippen LogP contribution is -2.30. The van der Waals surface area contributed by atoms with E-state index < -0.39 is 0 Å². The molecule has 2 nitrogen and oxygen atoms in total. The van der Waals surface area contributed by atoms with Crippen molar-refractivity contribution in [2.24, 2.45) is 5.92 Å². The van der Waals surface area contributed by atoms with E-state index in [9.17, 15) is 4.79 Å². The van der Waals surface area contributed by atoms with Crippen LogP contribution >= 0.6 is 0 Å². The van der Waals surface area contributed by atoms with Crippen LogP contribution < -0.4 is 0 Å². The summed E-state index contributed by atoms with van der Waals surface area (Å²) in [7, 11) is 0. The van der Waals surface area contributed by atoms with Gasteiger partial charge in [-0.05, 0) is 38.5 Å². The molecule has 0 aromatic carbocycles. The average molecular weight is 208 g/mol. The Bertz CT molecular complexity index is 251. The van der Waals surface area contributed by atoms with Gasteiger partial charge in [0.2, 0.25) is 0 Å². The quantitative estimate of drug-likeness (QED) is 0.526. The van der Waals surface area contributed by atoms with Gasteiger partial charge in [0.05, 0.1) is 5.92 Å². The molecule has 1 spiro atoms. The van der Waals surface area contributed by atoms with Crippen LogP contribution in [0.4, 0.5) is 0 Å². The third kappa shape index (κ3) is 2.24. The second-order valence-corrected chi connectivity index (χ2v) is 4.93. The number of hydrogen-bond acceptors (Lipinski definition) is 2. The van der Waals surface area contributed by atoms with Gasteiger partial charge in [-0.15, -0.1) is 6.58 Å². The summed E-state index contributed by atoms with van der Waals surface area (Å²) in [6.45, 7) is 3.70. The number of allylic oxidation sites excluding steroid dienone is 1. The van der Waals surface area contributed by atoms with Gasteiger partial charge in [-0.2, -0.15) is 0 Å². The van der Waals surface area contributed by atoms with Crippen LogP contribution in [0.25, 0.3) is 0 Å². The van der Waals surface area contributed by atoms with E-state index in [1.54, 1.807) is 0 Å². The predicted octanol–water partition coefficient (Wildman–Crippen LogP) is 3.22. The van der Waals surface area contributed by atoms with Crippen molar-refractivity contribution in [1.82, 2.24) is 0 Å². The minimum atomic E-state index is -0.0683. The Balaban J connectivity index is 1.95. The largest absolute Gasteiger partial charge is 0.459 e. The first-order valence-electron chi connectivity index (χ1n) is 6.09. The zero-order chi connectivity index (χ0) is 10.7. The molecule has 2 aliphatic rings. The second kappa shape index (κ2) is 4.38. The molecule has 1 heterocycles. The lowest BCUT2D eigenvalue weighted by molar-refractivity contribution is -0.152. The molecule has 0 aromatic rings. The molecular formula is C13H20O2. The summed E-state index contributed by atoms with van der Waals surface area (Å²) < 4.78 is 5.63. The van der Waals surface area contributed by atoms with Crippen molar-refractivity contribution >= 4 is 5.97 Å². The van der Waals surface area contributed by atoms with E-state index in [1.807, 2.05) is 6.08 Å². The second-order valence-electron chi connectivity index (χ2n) is 4.93. The van der Waals surface area contributed by atoms with Gasteiger partial charge >= 0.3 is 5.97 Å². The summed E-state index contributed by atoms with van der Waals surface area (Å²) in [5, 5.41) is 0. The zero-order valence-corrected chi connectivity index (χ0v) is 9.34. The number of ether oxygens (including phenoxy) is 1. The summed E-state index contributed by atoms with van der Waals surface area (Å²) in [6.07, 6.45) is 10.6. The van der Waals surface area contributed by atoms with Crippen molar-refractivity contribution in [3.8, 4) is 0 Å². The van der Waals surface area contributed by atoms with Crippen LogP contribution in [0.1, 0.15) is 51.4 Å². The van der Waals surface area contributed by atoms with Crippen molar-refractivity contribution < 1.29 is 9.53 Å². The average Bonchev–Trinajstić information content (AvgIpc) is 2.53. The Morgan fingerprint density at radius 3 is 2.80 bits per heavy atom. The van der Waals surface area contributed by atoms with E-state index in [-0.39, 0.29) is 17.5 Å². The van der Waals surface area contributed by atoms with Gasteiger partial charge < -0.3 is 4.74 Å². The maximum atomic E-state index is 11.7. The molecule has 1 saturated heterocycles. The van der Waals surface area contributed by atoms with Crippen LogP contribution in [-0.2, 0) is 9.53 Å². The summed E-state index contributed by atoms with van der Waals surface area (Å²) in [5.41, 5.74) is -0.0683. The summed E-state index contributed by atoms with van der Waals surface area (Å²) in [5.74, 6) is 0.180. The highest BCUT2D eigenvalue weighted by molar-refractivity contribution is 5.75. The standard InChI is InChI=1S/C13H20O2/c1-2-3-7-11-10-13(15-12(11)14)8-5-4-6-9-13/h2,11H,1,3-10H2. The van der Waals surface area contributed by atoms with Crippen LogP contribution in [0.3, 0.4) is 0 Å². The third-order valence-corrected chi connectivity index (χ3v) is 3.75. The van der Waals surface area contributed by atoms with Crippen LogP contribution in [0.5, 0.6) is 0 Å².